The van der Waals surface area contributed by atoms with Gasteiger partial charge in [0.2, 0.25) is 10.0 Å². The molecule has 114 valence electrons. The number of sulfonamides is 1. The molecule has 0 spiro atoms. The summed E-state index contributed by atoms with van der Waals surface area (Å²) >= 11 is 3.34. The van der Waals surface area contributed by atoms with Crippen LogP contribution in [-0.2, 0) is 23.2 Å². The third-order valence-corrected chi connectivity index (χ3v) is 5.20. The second-order valence-corrected chi connectivity index (χ2v) is 7.25. The molecule has 1 heterocycles. The zero-order chi connectivity index (χ0) is 15.6. The highest BCUT2D eigenvalue weighted by Crippen LogP contribution is 2.26. The minimum absolute atomic E-state index is 0.0255. The van der Waals surface area contributed by atoms with E-state index in [1.807, 2.05) is 24.3 Å². The van der Waals surface area contributed by atoms with Crippen molar-refractivity contribution < 1.29 is 17.9 Å². The van der Waals surface area contributed by atoms with Crippen LogP contribution in [0.3, 0.4) is 0 Å². The third kappa shape index (κ3) is 3.55. The number of hydrogen-bond acceptors (Lipinski definition) is 4. The highest BCUT2D eigenvalue weighted by Gasteiger charge is 2.26. The first-order chi connectivity index (χ1) is 9.85. The first-order valence-corrected chi connectivity index (χ1v) is 8.56. The van der Waals surface area contributed by atoms with E-state index in [4.69, 9.17) is 4.42 Å². The van der Waals surface area contributed by atoms with E-state index in [0.717, 1.165) is 10.0 Å². The Morgan fingerprint density at radius 1 is 1.29 bits per heavy atom. The van der Waals surface area contributed by atoms with Gasteiger partial charge in [0.05, 0.1) is 6.61 Å². The van der Waals surface area contributed by atoms with E-state index in [9.17, 15) is 13.5 Å². The summed E-state index contributed by atoms with van der Waals surface area (Å²) in [4.78, 5) is 0.0255. The van der Waals surface area contributed by atoms with Crippen LogP contribution in [0, 0.1) is 13.8 Å². The highest BCUT2D eigenvalue weighted by molar-refractivity contribution is 9.10. The summed E-state index contributed by atoms with van der Waals surface area (Å²) < 4.78 is 33.5. The fraction of sp³-hybridized carbons (Fsp3) is 0.286. The van der Waals surface area contributed by atoms with E-state index >= 15 is 0 Å². The number of rotatable bonds is 5. The molecule has 0 aliphatic carbocycles. The highest BCUT2D eigenvalue weighted by atomic mass is 79.9. The van der Waals surface area contributed by atoms with Gasteiger partial charge in [-0.1, -0.05) is 28.1 Å². The Hall–Kier alpha value is -1.15. The quantitative estimate of drug-likeness (QED) is 0.843. The summed E-state index contributed by atoms with van der Waals surface area (Å²) in [7, 11) is -3.74. The van der Waals surface area contributed by atoms with Crippen LogP contribution in [0.4, 0.5) is 0 Å². The standard InChI is InChI=1S/C14H16BrNO4S/c1-9-13(8-17)14(10(2)20-9)21(18,19)16-7-11-4-3-5-12(15)6-11/h3-6,16-17H,7-8H2,1-2H3. The summed E-state index contributed by atoms with van der Waals surface area (Å²) in [5.74, 6) is 0.691. The lowest BCUT2D eigenvalue weighted by Gasteiger charge is -2.08. The second-order valence-electron chi connectivity index (χ2n) is 4.63. The lowest BCUT2D eigenvalue weighted by Crippen LogP contribution is -2.24. The summed E-state index contributed by atoms with van der Waals surface area (Å²) in [5, 5.41) is 9.34. The van der Waals surface area contributed by atoms with Crippen LogP contribution in [-0.4, -0.2) is 13.5 Å². The number of halogens is 1. The Morgan fingerprint density at radius 2 is 2.00 bits per heavy atom. The van der Waals surface area contributed by atoms with Gasteiger partial charge < -0.3 is 9.52 Å². The van der Waals surface area contributed by atoms with E-state index < -0.39 is 10.0 Å². The van der Waals surface area contributed by atoms with Gasteiger partial charge in [-0.05, 0) is 31.5 Å². The normalized spacial score (nSPS) is 11.8. The number of furan rings is 1. The zero-order valence-electron chi connectivity index (χ0n) is 11.7. The maximum atomic E-state index is 12.4. The van der Waals surface area contributed by atoms with Crippen molar-refractivity contribution in [3.8, 4) is 0 Å². The van der Waals surface area contributed by atoms with E-state index in [2.05, 4.69) is 20.7 Å². The van der Waals surface area contributed by atoms with Crippen molar-refractivity contribution in [2.24, 2.45) is 0 Å². The lowest BCUT2D eigenvalue weighted by molar-refractivity contribution is 0.276. The molecular weight excluding hydrogens is 358 g/mol. The molecule has 5 nitrogen and oxygen atoms in total. The summed E-state index contributed by atoms with van der Waals surface area (Å²) in [6.45, 7) is 2.98. The van der Waals surface area contributed by atoms with Gasteiger partial charge in [-0.15, -0.1) is 0 Å². The van der Waals surface area contributed by atoms with E-state index in [0.29, 0.717) is 11.3 Å². The molecule has 0 saturated heterocycles. The molecule has 7 heteroatoms. The fourth-order valence-corrected chi connectivity index (χ4v) is 4.04. The number of aliphatic hydroxyl groups is 1. The van der Waals surface area contributed by atoms with Gasteiger partial charge in [-0.2, -0.15) is 0 Å². The molecule has 0 saturated carbocycles. The van der Waals surface area contributed by atoms with Crippen molar-refractivity contribution in [3.05, 3.63) is 51.4 Å². The molecule has 2 aromatic rings. The van der Waals surface area contributed by atoms with Crippen molar-refractivity contribution in [3.63, 3.8) is 0 Å². The molecule has 1 aromatic heterocycles. The molecule has 2 rings (SSSR count). The van der Waals surface area contributed by atoms with Crippen LogP contribution < -0.4 is 4.72 Å². The number of benzene rings is 1. The van der Waals surface area contributed by atoms with Gasteiger partial charge in [-0.3, -0.25) is 0 Å². The minimum atomic E-state index is -3.74. The number of aryl methyl sites for hydroxylation is 2. The van der Waals surface area contributed by atoms with Crippen molar-refractivity contribution in [2.45, 2.75) is 31.9 Å². The van der Waals surface area contributed by atoms with Crippen LogP contribution in [0.25, 0.3) is 0 Å². The molecule has 0 fully saturated rings. The Labute approximate surface area is 132 Å². The Kier molecular flexibility index (Phi) is 4.88. The Bertz CT molecular complexity index is 752. The molecule has 0 unspecified atom stereocenters. The molecule has 2 N–H and O–H groups in total. The van der Waals surface area contributed by atoms with Crippen LogP contribution in [0.2, 0.25) is 0 Å². The fourth-order valence-electron chi connectivity index (χ4n) is 2.14. The second kappa shape index (κ2) is 6.31. The predicted octanol–water partition coefficient (Wildman–Crippen LogP) is 2.63. The van der Waals surface area contributed by atoms with Crippen LogP contribution >= 0.6 is 15.9 Å². The van der Waals surface area contributed by atoms with E-state index in [1.54, 1.807) is 13.8 Å². The molecule has 21 heavy (non-hydrogen) atoms. The first-order valence-electron chi connectivity index (χ1n) is 6.29. The minimum Gasteiger partial charge on any atom is -0.465 e. The number of aliphatic hydroxyl groups excluding tert-OH is 1. The molecule has 0 aliphatic heterocycles. The maximum Gasteiger partial charge on any atom is 0.244 e. The zero-order valence-corrected chi connectivity index (χ0v) is 14.1. The Balaban J connectivity index is 2.27. The summed E-state index contributed by atoms with van der Waals surface area (Å²) in [5.41, 5.74) is 1.13. The predicted molar refractivity (Wildman–Crippen MR) is 82.3 cm³/mol. The molecule has 0 radical (unpaired) electrons. The van der Waals surface area contributed by atoms with E-state index in [-0.39, 0.29) is 23.8 Å². The molecule has 0 amide bonds. The van der Waals surface area contributed by atoms with Crippen molar-refractivity contribution in [1.29, 1.82) is 0 Å². The summed E-state index contributed by atoms with van der Waals surface area (Å²) in [6.07, 6.45) is 0. The monoisotopic (exact) mass is 373 g/mol. The van der Waals surface area contributed by atoms with Crippen molar-refractivity contribution >= 4 is 26.0 Å². The molecule has 0 atom stereocenters. The first kappa shape index (κ1) is 16.2. The largest absolute Gasteiger partial charge is 0.465 e. The van der Waals surface area contributed by atoms with Gasteiger partial charge in [0.25, 0.3) is 0 Å². The van der Waals surface area contributed by atoms with Crippen LogP contribution in [0.1, 0.15) is 22.6 Å². The molecule has 1 aromatic carbocycles. The summed E-state index contributed by atoms with van der Waals surface area (Å²) in [6, 6.07) is 7.36. The molecular formula is C14H16BrNO4S. The average molecular weight is 374 g/mol. The SMILES string of the molecule is Cc1oc(C)c(S(=O)(=O)NCc2cccc(Br)c2)c1CO. The van der Waals surface area contributed by atoms with Gasteiger partial charge in [0.1, 0.15) is 16.4 Å². The molecule has 0 aliphatic rings. The van der Waals surface area contributed by atoms with Crippen LogP contribution in [0.5, 0.6) is 0 Å². The van der Waals surface area contributed by atoms with Gasteiger partial charge >= 0.3 is 0 Å². The average Bonchev–Trinajstić information content (AvgIpc) is 2.71. The van der Waals surface area contributed by atoms with Gasteiger partial charge in [0, 0.05) is 16.6 Å². The maximum absolute atomic E-state index is 12.4. The van der Waals surface area contributed by atoms with Crippen molar-refractivity contribution in [2.75, 3.05) is 0 Å². The van der Waals surface area contributed by atoms with Gasteiger partial charge in [0.15, 0.2) is 0 Å². The van der Waals surface area contributed by atoms with Crippen molar-refractivity contribution in [1.82, 2.24) is 4.72 Å². The van der Waals surface area contributed by atoms with Gasteiger partial charge in [-0.25, -0.2) is 13.1 Å². The Morgan fingerprint density at radius 3 is 2.62 bits per heavy atom. The molecule has 0 bridgehead atoms. The number of hydrogen-bond donors (Lipinski definition) is 2. The third-order valence-electron chi connectivity index (χ3n) is 3.11. The number of nitrogens with one attached hydrogen (secondary N) is 1. The topological polar surface area (TPSA) is 79.5 Å². The van der Waals surface area contributed by atoms with Crippen LogP contribution in [0.15, 0.2) is 38.1 Å². The van der Waals surface area contributed by atoms with E-state index in [1.165, 1.54) is 0 Å². The lowest BCUT2D eigenvalue weighted by atomic mass is 10.2. The smallest absolute Gasteiger partial charge is 0.244 e.